The van der Waals surface area contributed by atoms with Crippen molar-refractivity contribution >= 4 is 0 Å². The van der Waals surface area contributed by atoms with Gasteiger partial charge in [0.15, 0.2) is 0 Å². The molecule has 0 aromatic carbocycles. The minimum atomic E-state index is -0.628. The first-order valence-electron chi connectivity index (χ1n) is 6.76. The second kappa shape index (κ2) is 5.48. The van der Waals surface area contributed by atoms with Gasteiger partial charge in [-0.25, -0.2) is 0 Å². The van der Waals surface area contributed by atoms with Gasteiger partial charge in [-0.1, -0.05) is 25.7 Å². The largest absolute Gasteiger partial charge is 0.386 e. The maximum absolute atomic E-state index is 10.9. The molecule has 0 aromatic rings. The summed E-state index contributed by atoms with van der Waals surface area (Å²) in [5.74, 6) is 0. The molecule has 16 heavy (non-hydrogen) atoms. The predicted octanol–water partition coefficient (Wildman–Crippen LogP) is 1.84. The third-order valence-electron chi connectivity index (χ3n) is 4.30. The molecule has 2 rings (SSSR count). The van der Waals surface area contributed by atoms with Crippen LogP contribution in [-0.2, 0) is 4.74 Å². The lowest BCUT2D eigenvalue weighted by molar-refractivity contribution is -0.136. The first-order chi connectivity index (χ1) is 7.77. The Balaban J connectivity index is 2.07. The summed E-state index contributed by atoms with van der Waals surface area (Å²) in [5.41, 5.74) is -0.628. The number of ether oxygens (including phenoxy) is 1. The molecule has 1 heterocycles. The highest BCUT2D eigenvalue weighted by atomic mass is 16.5. The highest BCUT2D eigenvalue weighted by Gasteiger charge is 2.45. The van der Waals surface area contributed by atoms with Crippen LogP contribution in [0.3, 0.4) is 0 Å². The molecule has 2 fully saturated rings. The summed E-state index contributed by atoms with van der Waals surface area (Å²) in [6.07, 6.45) is 9.10. The van der Waals surface area contributed by atoms with Crippen LogP contribution < -0.4 is 5.32 Å². The second-order valence-electron chi connectivity index (χ2n) is 5.32. The van der Waals surface area contributed by atoms with Crippen molar-refractivity contribution in [2.75, 3.05) is 13.7 Å². The SMILES string of the molecule is COC1CCCCC1(O)C1CCCCCN1. The lowest BCUT2D eigenvalue weighted by atomic mass is 9.75. The summed E-state index contributed by atoms with van der Waals surface area (Å²) in [6, 6.07) is 0.236. The van der Waals surface area contributed by atoms with E-state index in [9.17, 15) is 5.11 Å². The zero-order valence-corrected chi connectivity index (χ0v) is 10.4. The highest BCUT2D eigenvalue weighted by Crippen LogP contribution is 2.35. The Morgan fingerprint density at radius 1 is 1.12 bits per heavy atom. The lowest BCUT2D eigenvalue weighted by Gasteiger charge is -2.44. The van der Waals surface area contributed by atoms with Crippen molar-refractivity contribution in [2.24, 2.45) is 0 Å². The number of rotatable bonds is 2. The average molecular weight is 227 g/mol. The molecule has 1 saturated carbocycles. The first kappa shape index (κ1) is 12.3. The molecule has 1 aliphatic carbocycles. The van der Waals surface area contributed by atoms with Gasteiger partial charge in [0.25, 0.3) is 0 Å². The van der Waals surface area contributed by atoms with E-state index in [1.807, 2.05) is 0 Å². The van der Waals surface area contributed by atoms with Gasteiger partial charge in [0, 0.05) is 13.2 Å². The molecule has 0 amide bonds. The van der Waals surface area contributed by atoms with Gasteiger partial charge in [-0.3, -0.25) is 0 Å². The Kier molecular flexibility index (Phi) is 4.22. The molecule has 0 bridgehead atoms. The minimum Gasteiger partial charge on any atom is -0.386 e. The number of hydrogen-bond donors (Lipinski definition) is 2. The number of hydrogen-bond acceptors (Lipinski definition) is 3. The molecule has 3 heteroatoms. The summed E-state index contributed by atoms with van der Waals surface area (Å²) in [7, 11) is 1.73. The van der Waals surface area contributed by atoms with Crippen LogP contribution in [0, 0.1) is 0 Å². The molecule has 94 valence electrons. The fourth-order valence-corrected chi connectivity index (χ4v) is 3.32. The third-order valence-corrected chi connectivity index (χ3v) is 4.30. The zero-order valence-electron chi connectivity index (χ0n) is 10.4. The number of nitrogens with one attached hydrogen (secondary N) is 1. The second-order valence-corrected chi connectivity index (χ2v) is 5.32. The molecule has 3 unspecified atom stereocenters. The quantitative estimate of drug-likeness (QED) is 0.756. The van der Waals surface area contributed by atoms with Gasteiger partial charge < -0.3 is 15.2 Å². The summed E-state index contributed by atoms with van der Waals surface area (Å²) >= 11 is 0. The zero-order chi connectivity index (χ0) is 11.4. The van der Waals surface area contributed by atoms with Crippen LogP contribution in [0.5, 0.6) is 0 Å². The topological polar surface area (TPSA) is 41.5 Å². The fourth-order valence-electron chi connectivity index (χ4n) is 3.32. The Hall–Kier alpha value is -0.120. The van der Waals surface area contributed by atoms with E-state index in [-0.39, 0.29) is 12.1 Å². The number of methoxy groups -OCH3 is 1. The van der Waals surface area contributed by atoms with E-state index in [4.69, 9.17) is 4.74 Å². The number of aliphatic hydroxyl groups is 1. The van der Waals surface area contributed by atoms with Crippen molar-refractivity contribution in [1.82, 2.24) is 5.32 Å². The predicted molar refractivity (Wildman–Crippen MR) is 64.5 cm³/mol. The van der Waals surface area contributed by atoms with Crippen LogP contribution in [0.1, 0.15) is 51.4 Å². The highest BCUT2D eigenvalue weighted by molar-refractivity contribution is 5.00. The van der Waals surface area contributed by atoms with Crippen molar-refractivity contribution in [3.8, 4) is 0 Å². The third kappa shape index (κ3) is 2.41. The van der Waals surface area contributed by atoms with E-state index in [0.717, 1.165) is 32.2 Å². The van der Waals surface area contributed by atoms with Gasteiger partial charge in [0.2, 0.25) is 0 Å². The van der Waals surface area contributed by atoms with Crippen LogP contribution in [0.4, 0.5) is 0 Å². The summed E-state index contributed by atoms with van der Waals surface area (Å²) in [6.45, 7) is 1.05. The van der Waals surface area contributed by atoms with Gasteiger partial charge >= 0.3 is 0 Å². The molecule has 1 saturated heterocycles. The Morgan fingerprint density at radius 2 is 1.94 bits per heavy atom. The van der Waals surface area contributed by atoms with E-state index < -0.39 is 5.60 Å². The lowest BCUT2D eigenvalue weighted by Crippen LogP contribution is -2.59. The average Bonchev–Trinajstić information content (AvgIpc) is 2.58. The summed E-state index contributed by atoms with van der Waals surface area (Å²) < 4.78 is 5.51. The molecule has 1 aliphatic heterocycles. The summed E-state index contributed by atoms with van der Waals surface area (Å²) in [5, 5.41) is 14.4. The monoisotopic (exact) mass is 227 g/mol. The van der Waals surface area contributed by atoms with E-state index in [1.54, 1.807) is 7.11 Å². The fraction of sp³-hybridized carbons (Fsp3) is 1.00. The Bertz CT molecular complexity index is 214. The molecule has 3 atom stereocenters. The molecule has 0 spiro atoms. The maximum atomic E-state index is 10.9. The Morgan fingerprint density at radius 3 is 2.75 bits per heavy atom. The molecule has 2 aliphatic rings. The van der Waals surface area contributed by atoms with Gasteiger partial charge in [0.1, 0.15) is 5.60 Å². The van der Waals surface area contributed by atoms with Gasteiger partial charge in [-0.05, 0) is 32.2 Å². The van der Waals surface area contributed by atoms with Crippen LogP contribution in [0.25, 0.3) is 0 Å². The molecule has 0 radical (unpaired) electrons. The molecular weight excluding hydrogens is 202 g/mol. The molecular formula is C13H25NO2. The van der Waals surface area contributed by atoms with Crippen molar-refractivity contribution in [1.29, 1.82) is 0 Å². The van der Waals surface area contributed by atoms with Crippen LogP contribution in [0.2, 0.25) is 0 Å². The molecule has 2 N–H and O–H groups in total. The smallest absolute Gasteiger partial charge is 0.106 e. The van der Waals surface area contributed by atoms with E-state index in [1.165, 1.54) is 25.7 Å². The summed E-state index contributed by atoms with van der Waals surface area (Å²) in [4.78, 5) is 0. The van der Waals surface area contributed by atoms with Crippen LogP contribution in [0.15, 0.2) is 0 Å². The first-order valence-corrected chi connectivity index (χ1v) is 6.76. The van der Waals surface area contributed by atoms with Crippen molar-refractivity contribution < 1.29 is 9.84 Å². The minimum absolute atomic E-state index is 0.0249. The van der Waals surface area contributed by atoms with Crippen molar-refractivity contribution in [3.63, 3.8) is 0 Å². The van der Waals surface area contributed by atoms with E-state index >= 15 is 0 Å². The Labute approximate surface area is 98.6 Å². The van der Waals surface area contributed by atoms with Gasteiger partial charge in [0.05, 0.1) is 6.10 Å². The molecule has 3 nitrogen and oxygen atoms in total. The van der Waals surface area contributed by atoms with Crippen LogP contribution >= 0.6 is 0 Å². The van der Waals surface area contributed by atoms with Crippen molar-refractivity contribution in [3.05, 3.63) is 0 Å². The van der Waals surface area contributed by atoms with Gasteiger partial charge in [-0.2, -0.15) is 0 Å². The standard InChI is InChI=1S/C13H25NO2/c1-16-12-8-4-5-9-13(12,15)11-7-3-2-6-10-14-11/h11-12,14-15H,2-10H2,1H3. The molecule has 0 aromatic heterocycles. The van der Waals surface area contributed by atoms with E-state index in [2.05, 4.69) is 5.32 Å². The maximum Gasteiger partial charge on any atom is 0.106 e. The van der Waals surface area contributed by atoms with E-state index in [0.29, 0.717) is 0 Å². The van der Waals surface area contributed by atoms with Crippen LogP contribution in [-0.4, -0.2) is 36.5 Å². The van der Waals surface area contributed by atoms with Crippen molar-refractivity contribution in [2.45, 2.75) is 69.1 Å². The normalized spacial score (nSPS) is 41.6. The van der Waals surface area contributed by atoms with Gasteiger partial charge in [-0.15, -0.1) is 0 Å².